The fourth-order valence-corrected chi connectivity index (χ4v) is 3.30. The number of ether oxygens (including phenoxy) is 1. The molecule has 1 aliphatic rings. The largest absolute Gasteiger partial charge is 0.377 e. The fourth-order valence-electron chi connectivity index (χ4n) is 1.55. The van der Waals surface area contributed by atoms with E-state index in [-0.39, 0.29) is 11.5 Å². The summed E-state index contributed by atoms with van der Waals surface area (Å²) in [5.74, 6) is 0. The molecule has 2 rings (SSSR count). The Morgan fingerprint density at radius 3 is 2.88 bits per heavy atom. The van der Waals surface area contributed by atoms with Crippen molar-refractivity contribution in [2.45, 2.75) is 10.3 Å². The van der Waals surface area contributed by atoms with E-state index < -0.39 is 15.2 Å². The van der Waals surface area contributed by atoms with E-state index in [9.17, 15) is 8.42 Å². The third-order valence-corrected chi connectivity index (χ3v) is 4.58. The number of hydrogen-bond acceptors (Lipinski definition) is 4. The first-order valence-electron chi connectivity index (χ1n) is 4.91. The van der Waals surface area contributed by atoms with Crippen molar-refractivity contribution in [2.24, 2.45) is 0 Å². The van der Waals surface area contributed by atoms with Crippen LogP contribution in [0.25, 0.3) is 0 Å². The molecule has 88 valence electrons. The molecule has 4 nitrogen and oxygen atoms in total. The van der Waals surface area contributed by atoms with Crippen LogP contribution in [0.15, 0.2) is 29.2 Å². The second kappa shape index (κ2) is 4.71. The Kier molecular flexibility index (Phi) is 3.49. The molecular formula is C10H12ClNO3S. The number of halogens is 1. The van der Waals surface area contributed by atoms with Crippen LogP contribution in [0.5, 0.6) is 0 Å². The Morgan fingerprint density at radius 2 is 2.25 bits per heavy atom. The summed E-state index contributed by atoms with van der Waals surface area (Å²) in [5.41, 5.74) is 0. The standard InChI is InChI=1S/C10H12ClNO3S/c11-8-2-1-3-9(6-8)16(13,14)10-7-15-5-4-12-10/h1-3,6,10,12H,4-5,7H2. The van der Waals surface area contributed by atoms with E-state index in [0.717, 1.165) is 0 Å². The fraction of sp³-hybridized carbons (Fsp3) is 0.400. The third kappa shape index (κ3) is 2.38. The van der Waals surface area contributed by atoms with Crippen molar-refractivity contribution >= 4 is 21.4 Å². The van der Waals surface area contributed by atoms with E-state index in [4.69, 9.17) is 16.3 Å². The van der Waals surface area contributed by atoms with E-state index >= 15 is 0 Å². The number of morpholine rings is 1. The molecular weight excluding hydrogens is 250 g/mol. The Balaban J connectivity index is 2.30. The van der Waals surface area contributed by atoms with Gasteiger partial charge < -0.3 is 4.74 Å². The highest BCUT2D eigenvalue weighted by Crippen LogP contribution is 2.20. The third-order valence-electron chi connectivity index (χ3n) is 2.39. The van der Waals surface area contributed by atoms with E-state index in [1.807, 2.05) is 0 Å². The van der Waals surface area contributed by atoms with Crippen molar-refractivity contribution in [3.8, 4) is 0 Å². The van der Waals surface area contributed by atoms with Gasteiger partial charge in [0.25, 0.3) is 0 Å². The van der Waals surface area contributed by atoms with Gasteiger partial charge in [0, 0.05) is 11.6 Å². The molecule has 6 heteroatoms. The zero-order chi connectivity index (χ0) is 11.6. The van der Waals surface area contributed by atoms with Gasteiger partial charge >= 0.3 is 0 Å². The summed E-state index contributed by atoms with van der Waals surface area (Å²) in [4.78, 5) is 0.225. The number of benzene rings is 1. The topological polar surface area (TPSA) is 55.4 Å². The molecule has 0 amide bonds. The number of hydrogen-bond donors (Lipinski definition) is 1. The molecule has 0 saturated carbocycles. The number of sulfone groups is 1. The van der Waals surface area contributed by atoms with E-state index in [1.54, 1.807) is 12.1 Å². The van der Waals surface area contributed by atoms with Crippen molar-refractivity contribution in [2.75, 3.05) is 19.8 Å². The molecule has 1 aromatic rings. The molecule has 0 aromatic heterocycles. The summed E-state index contributed by atoms with van der Waals surface area (Å²) in [6, 6.07) is 6.26. The molecule has 1 aliphatic heterocycles. The highest BCUT2D eigenvalue weighted by Gasteiger charge is 2.29. The van der Waals surface area contributed by atoms with Crippen molar-refractivity contribution < 1.29 is 13.2 Å². The zero-order valence-electron chi connectivity index (χ0n) is 8.52. The van der Waals surface area contributed by atoms with Gasteiger partial charge in [-0.2, -0.15) is 0 Å². The lowest BCUT2D eigenvalue weighted by Gasteiger charge is -2.23. The zero-order valence-corrected chi connectivity index (χ0v) is 10.1. The van der Waals surface area contributed by atoms with E-state index in [2.05, 4.69) is 5.32 Å². The van der Waals surface area contributed by atoms with Crippen LogP contribution in [0.4, 0.5) is 0 Å². The molecule has 1 fully saturated rings. The van der Waals surface area contributed by atoms with Crippen LogP contribution in [0.1, 0.15) is 0 Å². The highest BCUT2D eigenvalue weighted by atomic mass is 35.5. The first-order valence-corrected chi connectivity index (χ1v) is 6.84. The van der Waals surface area contributed by atoms with Crippen molar-refractivity contribution in [1.82, 2.24) is 5.32 Å². The molecule has 0 spiro atoms. The molecule has 1 aromatic carbocycles. The Bertz CT molecular complexity index is 469. The lowest BCUT2D eigenvalue weighted by molar-refractivity contribution is 0.0978. The molecule has 0 bridgehead atoms. The molecule has 1 saturated heterocycles. The van der Waals surface area contributed by atoms with Gasteiger partial charge in [-0.3, -0.25) is 5.32 Å². The number of nitrogens with one attached hydrogen (secondary N) is 1. The monoisotopic (exact) mass is 261 g/mol. The molecule has 1 heterocycles. The van der Waals surface area contributed by atoms with Crippen LogP contribution >= 0.6 is 11.6 Å². The Morgan fingerprint density at radius 1 is 1.44 bits per heavy atom. The van der Waals surface area contributed by atoms with Gasteiger partial charge in [-0.25, -0.2) is 8.42 Å². The van der Waals surface area contributed by atoms with Crippen LogP contribution in [-0.4, -0.2) is 33.6 Å². The van der Waals surface area contributed by atoms with Gasteiger partial charge in [0.05, 0.1) is 18.1 Å². The Hall–Kier alpha value is -0.620. The predicted molar refractivity (Wildman–Crippen MR) is 61.2 cm³/mol. The average Bonchev–Trinajstić information content (AvgIpc) is 2.30. The summed E-state index contributed by atoms with van der Waals surface area (Å²) in [5, 5.41) is 2.66. The molecule has 1 N–H and O–H groups in total. The minimum atomic E-state index is -3.41. The van der Waals surface area contributed by atoms with Crippen LogP contribution in [0.2, 0.25) is 5.02 Å². The minimum absolute atomic E-state index is 0.175. The lowest BCUT2D eigenvalue weighted by atomic mass is 10.4. The summed E-state index contributed by atoms with van der Waals surface area (Å²) in [6.45, 7) is 1.26. The molecule has 1 unspecified atom stereocenters. The van der Waals surface area contributed by atoms with Crippen LogP contribution in [0, 0.1) is 0 Å². The Labute approximate surface area is 99.5 Å². The first kappa shape index (κ1) is 11.9. The van der Waals surface area contributed by atoms with Gasteiger partial charge in [0.1, 0.15) is 5.37 Å². The highest BCUT2D eigenvalue weighted by molar-refractivity contribution is 7.92. The summed E-state index contributed by atoms with van der Waals surface area (Å²) in [7, 11) is -3.41. The van der Waals surface area contributed by atoms with Crippen molar-refractivity contribution in [3.05, 3.63) is 29.3 Å². The maximum Gasteiger partial charge on any atom is 0.196 e. The van der Waals surface area contributed by atoms with Gasteiger partial charge in [-0.15, -0.1) is 0 Å². The average molecular weight is 262 g/mol. The minimum Gasteiger partial charge on any atom is -0.377 e. The maximum atomic E-state index is 12.1. The second-order valence-electron chi connectivity index (χ2n) is 3.52. The summed E-state index contributed by atoms with van der Waals surface area (Å²) < 4.78 is 29.4. The molecule has 1 atom stereocenters. The normalized spacial score (nSPS) is 21.9. The predicted octanol–water partition coefficient (Wildman–Crippen LogP) is 1.06. The van der Waals surface area contributed by atoms with Crippen LogP contribution in [0.3, 0.4) is 0 Å². The quantitative estimate of drug-likeness (QED) is 0.865. The second-order valence-corrected chi connectivity index (χ2v) is 6.09. The lowest BCUT2D eigenvalue weighted by Crippen LogP contribution is -2.46. The van der Waals surface area contributed by atoms with Gasteiger partial charge in [-0.05, 0) is 18.2 Å². The summed E-state index contributed by atoms with van der Waals surface area (Å²) >= 11 is 5.77. The van der Waals surface area contributed by atoms with E-state index in [0.29, 0.717) is 18.2 Å². The first-order chi connectivity index (χ1) is 7.60. The van der Waals surface area contributed by atoms with Crippen molar-refractivity contribution in [3.63, 3.8) is 0 Å². The van der Waals surface area contributed by atoms with Crippen LogP contribution in [-0.2, 0) is 14.6 Å². The molecule has 16 heavy (non-hydrogen) atoms. The van der Waals surface area contributed by atoms with Gasteiger partial charge in [-0.1, -0.05) is 17.7 Å². The molecule has 0 aliphatic carbocycles. The van der Waals surface area contributed by atoms with E-state index in [1.165, 1.54) is 12.1 Å². The smallest absolute Gasteiger partial charge is 0.196 e. The van der Waals surface area contributed by atoms with Crippen molar-refractivity contribution in [1.29, 1.82) is 0 Å². The number of rotatable bonds is 2. The maximum absolute atomic E-state index is 12.1. The van der Waals surface area contributed by atoms with Gasteiger partial charge in [0.15, 0.2) is 9.84 Å². The SMILES string of the molecule is O=S(=O)(c1cccc(Cl)c1)C1COCCN1. The van der Waals surface area contributed by atoms with Crippen LogP contribution < -0.4 is 5.32 Å². The van der Waals surface area contributed by atoms with Gasteiger partial charge in [0.2, 0.25) is 0 Å². The summed E-state index contributed by atoms with van der Waals surface area (Å²) in [6.07, 6.45) is 0. The molecule has 0 radical (unpaired) electrons.